The highest BCUT2D eigenvalue weighted by molar-refractivity contribution is 5.93. The quantitative estimate of drug-likeness (QED) is 0.873. The number of hydrogen-bond acceptors (Lipinski definition) is 4. The number of carbonyl (C=O) groups excluding carboxylic acids is 1. The number of pyridine rings is 1. The van der Waals surface area contributed by atoms with Crippen molar-refractivity contribution in [1.82, 2.24) is 14.8 Å². The molecule has 2 heterocycles. The third kappa shape index (κ3) is 2.69. The van der Waals surface area contributed by atoms with E-state index >= 15 is 0 Å². The van der Waals surface area contributed by atoms with Gasteiger partial charge in [0.2, 0.25) is 0 Å². The second-order valence-corrected chi connectivity index (χ2v) is 3.96. The molecule has 0 radical (unpaired) electrons. The number of aromatic nitrogens is 3. The van der Waals surface area contributed by atoms with E-state index in [1.165, 1.54) is 4.68 Å². The third-order valence-corrected chi connectivity index (χ3v) is 2.12. The van der Waals surface area contributed by atoms with E-state index in [1.807, 2.05) is 19.9 Å². The van der Waals surface area contributed by atoms with Crippen molar-refractivity contribution in [2.45, 2.75) is 19.9 Å². The van der Waals surface area contributed by atoms with E-state index in [9.17, 15) is 4.79 Å². The first-order valence-electron chi connectivity index (χ1n) is 5.45. The normalized spacial score (nSPS) is 10.5. The fourth-order valence-electron chi connectivity index (χ4n) is 1.44. The fraction of sp³-hybridized carbons (Fsp3) is 0.250. The molecular formula is C12H14N4O. The van der Waals surface area contributed by atoms with Crippen molar-refractivity contribution in [1.29, 1.82) is 0 Å². The number of carbonyl (C=O) groups is 1. The first-order valence-corrected chi connectivity index (χ1v) is 5.45. The van der Waals surface area contributed by atoms with Crippen LogP contribution in [0, 0.1) is 0 Å². The van der Waals surface area contributed by atoms with E-state index in [0.29, 0.717) is 11.5 Å². The predicted molar refractivity (Wildman–Crippen MR) is 65.0 cm³/mol. The van der Waals surface area contributed by atoms with Gasteiger partial charge in [0.05, 0.1) is 0 Å². The Morgan fingerprint density at radius 3 is 2.82 bits per heavy atom. The van der Waals surface area contributed by atoms with Crippen LogP contribution in [0.4, 0.5) is 5.82 Å². The summed E-state index contributed by atoms with van der Waals surface area (Å²) in [5.74, 6) is 0.459. The molecule has 0 amide bonds. The van der Waals surface area contributed by atoms with Gasteiger partial charge in [0.1, 0.15) is 11.5 Å². The average molecular weight is 230 g/mol. The largest absolute Gasteiger partial charge is 0.368 e. The van der Waals surface area contributed by atoms with Gasteiger partial charge >= 0.3 is 0 Å². The molecule has 0 aliphatic heterocycles. The summed E-state index contributed by atoms with van der Waals surface area (Å²) in [6, 6.07) is 7.29. The number of rotatable bonds is 3. The lowest BCUT2D eigenvalue weighted by Crippen LogP contribution is -2.16. The van der Waals surface area contributed by atoms with E-state index in [2.05, 4.69) is 15.4 Å². The molecule has 2 aromatic rings. The summed E-state index contributed by atoms with van der Waals surface area (Å²) in [4.78, 5) is 16.2. The summed E-state index contributed by atoms with van der Waals surface area (Å²) < 4.78 is 1.27. The molecule has 0 bridgehead atoms. The Labute approximate surface area is 99.5 Å². The van der Waals surface area contributed by atoms with Crippen molar-refractivity contribution in [2.24, 2.45) is 0 Å². The molecule has 5 nitrogen and oxygen atoms in total. The van der Waals surface area contributed by atoms with Gasteiger partial charge in [-0.05, 0) is 32.0 Å². The molecule has 0 saturated carbocycles. The topological polar surface area (TPSA) is 59.8 Å². The summed E-state index contributed by atoms with van der Waals surface area (Å²) >= 11 is 0. The Balaban J connectivity index is 2.24. The van der Waals surface area contributed by atoms with Crippen molar-refractivity contribution in [3.63, 3.8) is 0 Å². The van der Waals surface area contributed by atoms with Gasteiger partial charge in [-0.15, -0.1) is 0 Å². The number of anilines is 1. The van der Waals surface area contributed by atoms with E-state index in [0.717, 1.165) is 0 Å². The molecule has 88 valence electrons. The van der Waals surface area contributed by atoms with Gasteiger partial charge in [-0.3, -0.25) is 4.79 Å². The molecule has 2 aromatic heterocycles. The predicted octanol–water partition coefficient (Wildman–Crippen LogP) is 1.79. The third-order valence-electron chi connectivity index (χ3n) is 2.12. The zero-order valence-corrected chi connectivity index (χ0v) is 9.79. The van der Waals surface area contributed by atoms with E-state index in [-0.39, 0.29) is 11.9 Å². The Kier molecular flexibility index (Phi) is 3.18. The van der Waals surface area contributed by atoms with Gasteiger partial charge in [-0.25, -0.2) is 9.67 Å². The van der Waals surface area contributed by atoms with Crippen LogP contribution in [0.15, 0.2) is 36.7 Å². The van der Waals surface area contributed by atoms with Crippen LogP contribution >= 0.6 is 0 Å². The number of hydrogen-bond donors (Lipinski definition) is 1. The molecule has 1 N–H and O–H groups in total. The maximum Gasteiger partial charge on any atom is 0.296 e. The first kappa shape index (κ1) is 11.3. The lowest BCUT2D eigenvalue weighted by molar-refractivity contribution is 0.0940. The summed E-state index contributed by atoms with van der Waals surface area (Å²) in [6.45, 7) is 4.04. The maximum absolute atomic E-state index is 12.0. The summed E-state index contributed by atoms with van der Waals surface area (Å²) in [7, 11) is 0. The van der Waals surface area contributed by atoms with Crippen LogP contribution in [0.25, 0.3) is 0 Å². The van der Waals surface area contributed by atoms with Crippen LogP contribution in [-0.4, -0.2) is 26.7 Å². The van der Waals surface area contributed by atoms with Gasteiger partial charge < -0.3 is 5.32 Å². The molecule has 0 saturated heterocycles. The van der Waals surface area contributed by atoms with Crippen molar-refractivity contribution in [2.75, 3.05) is 5.32 Å². The monoisotopic (exact) mass is 230 g/mol. The van der Waals surface area contributed by atoms with Crippen LogP contribution in [0.3, 0.4) is 0 Å². The lowest BCUT2D eigenvalue weighted by Gasteiger charge is -2.09. The summed E-state index contributed by atoms with van der Waals surface area (Å²) in [6.07, 6.45) is 3.17. The van der Waals surface area contributed by atoms with Gasteiger partial charge in [-0.2, -0.15) is 5.10 Å². The average Bonchev–Trinajstić information content (AvgIpc) is 2.81. The van der Waals surface area contributed by atoms with Crippen LogP contribution in [0.2, 0.25) is 0 Å². The van der Waals surface area contributed by atoms with Crippen LogP contribution in [-0.2, 0) is 0 Å². The lowest BCUT2D eigenvalue weighted by atomic mass is 10.3. The smallest absolute Gasteiger partial charge is 0.296 e. The Bertz CT molecular complexity index is 505. The zero-order chi connectivity index (χ0) is 12.3. The molecule has 0 aromatic carbocycles. The van der Waals surface area contributed by atoms with E-state index < -0.39 is 0 Å². The van der Waals surface area contributed by atoms with Gasteiger partial charge in [0.25, 0.3) is 5.91 Å². The molecule has 0 spiro atoms. The van der Waals surface area contributed by atoms with Gasteiger partial charge in [0.15, 0.2) is 0 Å². The molecule has 0 aliphatic carbocycles. The number of nitrogens with one attached hydrogen (secondary N) is 1. The highest BCUT2D eigenvalue weighted by atomic mass is 16.2. The van der Waals surface area contributed by atoms with Crippen LogP contribution < -0.4 is 5.32 Å². The highest BCUT2D eigenvalue weighted by Gasteiger charge is 2.10. The van der Waals surface area contributed by atoms with E-state index in [1.54, 1.807) is 30.6 Å². The molecular weight excluding hydrogens is 216 g/mol. The van der Waals surface area contributed by atoms with Crippen molar-refractivity contribution >= 4 is 11.7 Å². The second kappa shape index (κ2) is 4.78. The molecule has 0 fully saturated rings. The summed E-state index contributed by atoms with van der Waals surface area (Å²) in [5, 5.41) is 7.04. The minimum absolute atomic E-state index is 0.234. The molecule has 17 heavy (non-hydrogen) atoms. The van der Waals surface area contributed by atoms with Crippen molar-refractivity contribution in [3.05, 3.63) is 42.4 Å². The van der Waals surface area contributed by atoms with E-state index in [4.69, 9.17) is 0 Å². The minimum Gasteiger partial charge on any atom is -0.368 e. The fourth-order valence-corrected chi connectivity index (χ4v) is 1.44. The first-order chi connectivity index (χ1) is 8.16. The Morgan fingerprint density at radius 2 is 2.18 bits per heavy atom. The summed E-state index contributed by atoms with van der Waals surface area (Å²) in [5.41, 5.74) is 0.374. The number of nitrogens with zero attached hydrogens (tertiary/aromatic N) is 3. The second-order valence-electron chi connectivity index (χ2n) is 3.96. The SMILES string of the molecule is CC(C)Nc1cccc(C(=O)n2cccn2)n1. The maximum atomic E-state index is 12.0. The van der Waals surface area contributed by atoms with Crippen molar-refractivity contribution < 1.29 is 4.79 Å². The van der Waals surface area contributed by atoms with Crippen LogP contribution in [0.1, 0.15) is 24.3 Å². The molecule has 0 atom stereocenters. The zero-order valence-electron chi connectivity index (χ0n) is 9.79. The molecule has 0 aliphatic rings. The Hall–Kier alpha value is -2.17. The van der Waals surface area contributed by atoms with Crippen LogP contribution in [0.5, 0.6) is 0 Å². The molecule has 2 rings (SSSR count). The van der Waals surface area contributed by atoms with Gasteiger partial charge in [0, 0.05) is 18.4 Å². The standard InChI is InChI=1S/C12H14N4O/c1-9(2)14-11-6-3-5-10(15-11)12(17)16-8-4-7-13-16/h3-9H,1-2H3,(H,14,15). The molecule has 5 heteroatoms. The highest BCUT2D eigenvalue weighted by Crippen LogP contribution is 2.07. The minimum atomic E-state index is -0.234. The Morgan fingerprint density at radius 1 is 1.35 bits per heavy atom. The van der Waals surface area contributed by atoms with Crippen molar-refractivity contribution in [3.8, 4) is 0 Å². The molecule has 0 unspecified atom stereocenters. The van der Waals surface area contributed by atoms with Gasteiger partial charge in [-0.1, -0.05) is 6.07 Å².